The molecule has 0 unspecified atom stereocenters. The fourth-order valence-corrected chi connectivity index (χ4v) is 8.29. The standard InChI is InChI=1S/C7Cl3F7Si.C6Cl3F5Ge/c8-18(9,10)6-4(13)2(11)1(7(15,16)17)3(12)5(6)14;7-15(8,9)6-4(13)2(11)1(10)3(12)5(6)14. The summed E-state index contributed by atoms with van der Waals surface area (Å²) in [7, 11) is 11.0. The molecule has 186 valence electrons. The van der Waals surface area contributed by atoms with E-state index >= 15 is 0 Å². The second kappa shape index (κ2) is 10.6. The molecule has 0 aliphatic heterocycles. The van der Waals surface area contributed by atoms with Crippen LogP contribution in [0, 0.1) is 52.4 Å². The summed E-state index contributed by atoms with van der Waals surface area (Å²) in [5, 5.41) is -1.62. The van der Waals surface area contributed by atoms with Gasteiger partial charge in [0.1, 0.15) is 5.56 Å². The van der Waals surface area contributed by atoms with Crippen LogP contribution in [0.5, 0.6) is 0 Å². The molecule has 0 aromatic heterocycles. The summed E-state index contributed by atoms with van der Waals surface area (Å²) in [5.41, 5.74) is -2.70. The average molecular weight is 698 g/mol. The Kier molecular flexibility index (Phi) is 10.0. The summed E-state index contributed by atoms with van der Waals surface area (Å²) in [5.74, 6) is -20.6. The van der Waals surface area contributed by atoms with Crippen LogP contribution in [0.3, 0.4) is 0 Å². The molecule has 0 bridgehead atoms. The van der Waals surface area contributed by atoms with Gasteiger partial charge in [0.05, 0.1) is 5.19 Å². The van der Waals surface area contributed by atoms with Gasteiger partial charge in [0.15, 0.2) is 23.3 Å². The van der Waals surface area contributed by atoms with E-state index in [0.717, 1.165) is 0 Å². The van der Waals surface area contributed by atoms with Crippen molar-refractivity contribution < 1.29 is 52.7 Å². The zero-order valence-corrected chi connectivity index (χ0v) is 21.9. The Morgan fingerprint density at radius 2 is 0.818 bits per heavy atom. The van der Waals surface area contributed by atoms with Crippen molar-refractivity contribution in [3.8, 4) is 0 Å². The molecule has 0 aliphatic carbocycles. The topological polar surface area (TPSA) is 0 Å². The van der Waals surface area contributed by atoms with Gasteiger partial charge in [0.2, 0.25) is 0 Å². The molecule has 0 radical (unpaired) electrons. The minimum Gasteiger partial charge on any atom is -0.204 e. The maximum atomic E-state index is 13.2. The van der Waals surface area contributed by atoms with Crippen LogP contribution in [0.1, 0.15) is 5.56 Å². The summed E-state index contributed by atoms with van der Waals surface area (Å²) >= 11 is 15.5. The molecule has 0 nitrogen and oxygen atoms in total. The summed E-state index contributed by atoms with van der Waals surface area (Å²) < 4.78 is 152. The van der Waals surface area contributed by atoms with Crippen molar-refractivity contribution in [3.63, 3.8) is 0 Å². The molecule has 2 rings (SSSR count). The fourth-order valence-electron chi connectivity index (χ4n) is 1.98. The zero-order valence-electron chi connectivity index (χ0n) is 14.3. The van der Waals surface area contributed by atoms with Crippen molar-refractivity contribution in [1.29, 1.82) is 0 Å². The molecule has 0 saturated carbocycles. The van der Waals surface area contributed by atoms with Gasteiger partial charge in [-0.15, -0.1) is 33.2 Å². The largest absolute Gasteiger partial charge is 0.422 e. The van der Waals surface area contributed by atoms with E-state index in [1.54, 1.807) is 0 Å². The van der Waals surface area contributed by atoms with Gasteiger partial charge < -0.3 is 0 Å². The van der Waals surface area contributed by atoms with E-state index in [1.165, 1.54) is 0 Å². The number of alkyl halides is 3. The molecule has 0 aliphatic rings. The molecular formula is C13Cl6F12GeSi. The van der Waals surface area contributed by atoms with E-state index in [4.69, 9.17) is 63.3 Å². The van der Waals surface area contributed by atoms with E-state index in [2.05, 4.69) is 0 Å². The molecule has 2 aromatic rings. The first-order valence-corrected chi connectivity index (χ1v) is 21.5. The third-order valence-corrected chi connectivity index (χ3v) is 11.1. The molecule has 33 heavy (non-hydrogen) atoms. The maximum absolute atomic E-state index is 13.2. The first kappa shape index (κ1) is 31.1. The molecule has 0 spiro atoms. The Morgan fingerprint density at radius 1 is 0.515 bits per heavy atom. The Hall–Kier alpha value is 0.0997. The minimum atomic E-state index is -5.62. The number of hydrogen-bond acceptors (Lipinski definition) is 0. The van der Waals surface area contributed by atoms with E-state index in [9.17, 15) is 52.7 Å². The summed E-state index contributed by atoms with van der Waals surface area (Å²) in [4.78, 5) is 0. The maximum Gasteiger partial charge on any atom is 0.422 e. The van der Waals surface area contributed by atoms with E-state index in [1.807, 2.05) is 0 Å². The summed E-state index contributed by atoms with van der Waals surface area (Å²) in [6.45, 7) is 0. The first-order chi connectivity index (χ1) is 14.6. The van der Waals surface area contributed by atoms with Gasteiger partial charge in [0, 0.05) is 0 Å². The van der Waals surface area contributed by atoms with Crippen molar-refractivity contribution in [2.45, 2.75) is 6.18 Å². The van der Waals surface area contributed by atoms with Gasteiger partial charge >= 0.3 is 108 Å². The van der Waals surface area contributed by atoms with Crippen LogP contribution in [0.15, 0.2) is 0 Å². The second-order valence-electron chi connectivity index (χ2n) is 5.44. The Balaban J connectivity index is 0.000000335. The Morgan fingerprint density at radius 3 is 1.06 bits per heavy atom. The molecule has 0 heterocycles. The number of halogens is 18. The van der Waals surface area contributed by atoms with Crippen molar-refractivity contribution in [2.75, 3.05) is 0 Å². The molecule has 0 saturated heterocycles. The molecule has 0 N–H and O–H groups in total. The minimum absolute atomic E-state index is 1.31. The third kappa shape index (κ3) is 6.66. The molecular weight excluding hydrogens is 698 g/mol. The van der Waals surface area contributed by atoms with Crippen LogP contribution in [-0.4, -0.2) is 16.5 Å². The molecule has 0 atom stereocenters. The summed E-state index contributed by atoms with van der Waals surface area (Å²) in [6.07, 6.45) is -5.62. The van der Waals surface area contributed by atoms with Gasteiger partial charge in [-0.05, 0) is 0 Å². The molecule has 0 fully saturated rings. The van der Waals surface area contributed by atoms with Gasteiger partial charge in [-0.1, -0.05) is 0 Å². The second-order valence-corrected chi connectivity index (χ2v) is 28.8. The van der Waals surface area contributed by atoms with E-state index in [-0.39, 0.29) is 0 Å². The van der Waals surface area contributed by atoms with Crippen molar-refractivity contribution in [3.05, 3.63) is 57.9 Å². The van der Waals surface area contributed by atoms with Crippen molar-refractivity contribution in [1.82, 2.24) is 0 Å². The van der Waals surface area contributed by atoms with Crippen molar-refractivity contribution in [2.24, 2.45) is 0 Å². The van der Waals surface area contributed by atoms with Gasteiger partial charge in [0.25, 0.3) is 0 Å². The van der Waals surface area contributed by atoms with Crippen LogP contribution < -0.4 is 9.58 Å². The Labute approximate surface area is 205 Å². The number of rotatable bonds is 2. The molecule has 2 aromatic carbocycles. The van der Waals surface area contributed by atoms with Crippen LogP contribution >= 0.6 is 63.3 Å². The monoisotopic (exact) mass is 696 g/mol. The van der Waals surface area contributed by atoms with Gasteiger partial charge in [-0.25, -0.2) is 17.6 Å². The SMILES string of the molecule is Fc1c(F)c(F)[c]([Ge]([Cl])([Cl])[Cl])c(F)c1F.Fc1c(F)c([Si](Cl)(Cl)Cl)c(F)c(F)c1C(F)(F)F. The van der Waals surface area contributed by atoms with Gasteiger partial charge in [-0.3, -0.25) is 0 Å². The Bertz CT molecular complexity index is 979. The van der Waals surface area contributed by atoms with Crippen LogP contribution in [0.25, 0.3) is 0 Å². The average Bonchev–Trinajstić information content (AvgIpc) is 2.61. The van der Waals surface area contributed by atoms with Crippen molar-refractivity contribution >= 4 is 89.3 Å². The molecule has 20 heteroatoms. The predicted octanol–water partition coefficient (Wildman–Crippen LogP) is 7.37. The van der Waals surface area contributed by atoms with Crippen LogP contribution in [0.4, 0.5) is 52.7 Å². The fraction of sp³-hybridized carbons (Fsp3) is 0.0769. The van der Waals surface area contributed by atoms with Gasteiger partial charge in [-0.2, -0.15) is 13.2 Å². The quantitative estimate of drug-likeness (QED) is 0.101. The smallest absolute Gasteiger partial charge is 0.204 e. The van der Waals surface area contributed by atoms with E-state index in [0.29, 0.717) is 0 Å². The van der Waals surface area contributed by atoms with E-state index < -0.39 is 90.2 Å². The summed E-state index contributed by atoms with van der Waals surface area (Å²) in [6, 6.07) is -4.45. The molecule has 0 amide bonds. The normalized spacial score (nSPS) is 12.5. The zero-order chi connectivity index (χ0) is 26.4. The number of benzene rings is 2. The predicted molar refractivity (Wildman–Crippen MR) is 103 cm³/mol. The van der Waals surface area contributed by atoms with Crippen LogP contribution in [0.2, 0.25) is 0 Å². The van der Waals surface area contributed by atoms with Crippen LogP contribution in [-0.2, 0) is 6.18 Å². The third-order valence-electron chi connectivity index (χ3n) is 3.32. The first-order valence-electron chi connectivity index (χ1n) is 7.15. The number of hydrogen-bond donors (Lipinski definition) is 0.